The monoisotopic (exact) mass is 442 g/mol. The van der Waals surface area contributed by atoms with E-state index in [1.54, 1.807) is 6.21 Å². The Bertz CT molecular complexity index is 1350. The molecular weight excluding hydrogens is 416 g/mol. The van der Waals surface area contributed by atoms with Gasteiger partial charge in [-0.15, -0.1) is 0 Å². The molecule has 2 N–H and O–H groups in total. The molecule has 0 amide bonds. The predicted molar refractivity (Wildman–Crippen MR) is 132 cm³/mol. The average Bonchev–Trinajstić information content (AvgIpc) is 3.16. The molecule has 0 bridgehead atoms. The Morgan fingerprint density at radius 1 is 1.03 bits per heavy atom. The molecule has 9 heteroatoms. The van der Waals surface area contributed by atoms with Gasteiger partial charge in [-0.1, -0.05) is 30.3 Å². The number of nitrogens with zero attached hydrogens (tertiary/aromatic N) is 6. The third-order valence-electron chi connectivity index (χ3n) is 5.85. The van der Waals surface area contributed by atoms with Gasteiger partial charge in [-0.2, -0.15) is 10.2 Å². The van der Waals surface area contributed by atoms with E-state index in [2.05, 4.69) is 37.3 Å². The van der Waals surface area contributed by atoms with Crippen molar-refractivity contribution in [2.75, 3.05) is 43.6 Å². The van der Waals surface area contributed by atoms with Gasteiger partial charge in [0.1, 0.15) is 5.82 Å². The molecule has 3 heterocycles. The van der Waals surface area contributed by atoms with E-state index in [0.29, 0.717) is 11.0 Å². The van der Waals surface area contributed by atoms with Crippen molar-refractivity contribution in [1.82, 2.24) is 24.6 Å². The molecular formula is C24H26N8O. The van der Waals surface area contributed by atoms with Gasteiger partial charge in [-0.05, 0) is 38.2 Å². The van der Waals surface area contributed by atoms with Crippen LogP contribution >= 0.6 is 0 Å². The number of hydrogen-bond donors (Lipinski definition) is 2. The van der Waals surface area contributed by atoms with Crippen molar-refractivity contribution in [3.8, 4) is 5.69 Å². The Morgan fingerprint density at radius 2 is 1.76 bits per heavy atom. The molecule has 4 aromatic rings. The highest BCUT2D eigenvalue weighted by molar-refractivity contribution is 5.89. The van der Waals surface area contributed by atoms with E-state index in [1.165, 1.54) is 0 Å². The van der Waals surface area contributed by atoms with Crippen molar-refractivity contribution in [3.63, 3.8) is 0 Å². The summed E-state index contributed by atoms with van der Waals surface area (Å²) in [6.07, 6.45) is 1.73. The molecule has 0 aliphatic carbocycles. The Kier molecular flexibility index (Phi) is 5.62. The highest BCUT2D eigenvalue weighted by atomic mass is 16.1. The number of para-hydroxylation sites is 3. The fourth-order valence-corrected chi connectivity index (χ4v) is 4.01. The molecule has 9 nitrogen and oxygen atoms in total. The summed E-state index contributed by atoms with van der Waals surface area (Å²) < 4.78 is 1.98. The van der Waals surface area contributed by atoms with Gasteiger partial charge in [0, 0.05) is 26.2 Å². The topological polar surface area (TPSA) is 94.4 Å². The first kappa shape index (κ1) is 20.9. The Labute approximate surface area is 191 Å². The molecule has 1 saturated heterocycles. The number of aryl methyl sites for hydroxylation is 1. The first-order valence-corrected chi connectivity index (χ1v) is 11.0. The zero-order valence-electron chi connectivity index (χ0n) is 18.7. The first-order valence-electron chi connectivity index (χ1n) is 11.0. The highest BCUT2D eigenvalue weighted by Gasteiger charge is 2.24. The average molecular weight is 443 g/mol. The summed E-state index contributed by atoms with van der Waals surface area (Å²) in [5, 5.41) is 9.19. The third kappa shape index (κ3) is 4.22. The lowest BCUT2D eigenvalue weighted by Gasteiger charge is -2.34. The number of likely N-dealkylation sites (N-methyl/N-ethyl adjacent to an activating group) is 1. The van der Waals surface area contributed by atoms with Crippen LogP contribution in [-0.4, -0.2) is 64.1 Å². The molecule has 5 rings (SSSR count). The minimum Gasteiger partial charge on any atom is -0.353 e. The molecule has 2 aromatic heterocycles. The molecule has 1 fully saturated rings. The van der Waals surface area contributed by atoms with Crippen LogP contribution in [0.25, 0.3) is 16.7 Å². The second-order valence-electron chi connectivity index (χ2n) is 8.16. The number of fused-ring (bicyclic) bond motifs is 1. The summed E-state index contributed by atoms with van der Waals surface area (Å²) in [7, 11) is 2.14. The van der Waals surface area contributed by atoms with Crippen LogP contribution in [0.5, 0.6) is 0 Å². The number of aromatic amines is 1. The molecule has 33 heavy (non-hydrogen) atoms. The van der Waals surface area contributed by atoms with E-state index in [0.717, 1.165) is 48.9 Å². The lowest BCUT2D eigenvalue weighted by Crippen LogP contribution is -2.45. The summed E-state index contributed by atoms with van der Waals surface area (Å²) in [6, 6.07) is 17.5. The second-order valence-corrected chi connectivity index (χ2v) is 8.16. The van der Waals surface area contributed by atoms with E-state index in [1.807, 2.05) is 66.2 Å². The van der Waals surface area contributed by atoms with Gasteiger partial charge in [-0.3, -0.25) is 10.2 Å². The van der Waals surface area contributed by atoms with Gasteiger partial charge in [0.25, 0.3) is 5.56 Å². The first-order chi connectivity index (χ1) is 16.1. The van der Waals surface area contributed by atoms with Crippen molar-refractivity contribution in [3.05, 3.63) is 76.2 Å². The number of benzene rings is 2. The quantitative estimate of drug-likeness (QED) is 0.365. The largest absolute Gasteiger partial charge is 0.353 e. The van der Waals surface area contributed by atoms with Crippen LogP contribution in [0.1, 0.15) is 11.3 Å². The second kappa shape index (κ2) is 8.87. The molecule has 0 unspecified atom stereocenters. The van der Waals surface area contributed by atoms with Crippen LogP contribution in [0.15, 0.2) is 64.5 Å². The number of aromatic nitrogens is 4. The van der Waals surface area contributed by atoms with Crippen molar-refractivity contribution < 1.29 is 0 Å². The molecule has 168 valence electrons. The Balaban J connectivity index is 1.50. The van der Waals surface area contributed by atoms with E-state index >= 15 is 0 Å². The fourth-order valence-electron chi connectivity index (χ4n) is 4.01. The summed E-state index contributed by atoms with van der Waals surface area (Å²) in [4.78, 5) is 24.3. The number of nitrogens with one attached hydrogen (secondary N) is 2. The Morgan fingerprint density at radius 3 is 2.55 bits per heavy atom. The smallest absolute Gasteiger partial charge is 0.293 e. The highest BCUT2D eigenvalue weighted by Crippen LogP contribution is 2.27. The zero-order chi connectivity index (χ0) is 22.8. The Hall–Kier alpha value is -3.98. The maximum atomic E-state index is 12.4. The summed E-state index contributed by atoms with van der Waals surface area (Å²) in [5.41, 5.74) is 6.65. The maximum absolute atomic E-state index is 12.4. The summed E-state index contributed by atoms with van der Waals surface area (Å²) in [5.74, 6) is 1.15. The van der Waals surface area contributed by atoms with Crippen molar-refractivity contribution in [2.24, 2.45) is 5.10 Å². The van der Waals surface area contributed by atoms with Gasteiger partial charge in [-0.25, -0.2) is 9.67 Å². The standard InChI is InChI=1S/C24H26N8O/c1-17-19(16-25-28-22-23(33)27-21-11-7-6-10-20(21)26-22)24(31-14-12-30(2)13-15-31)32(29-17)18-8-4-3-5-9-18/h3-11,16H,12-15H2,1-2H3,(H,26,28)(H,27,33)/b25-16+. The van der Waals surface area contributed by atoms with Crippen LogP contribution in [0, 0.1) is 6.92 Å². The number of hydrogen-bond acceptors (Lipinski definition) is 7. The van der Waals surface area contributed by atoms with E-state index in [4.69, 9.17) is 5.10 Å². The van der Waals surface area contributed by atoms with E-state index in [9.17, 15) is 4.79 Å². The molecule has 2 aromatic carbocycles. The van der Waals surface area contributed by atoms with Gasteiger partial charge in [0.2, 0.25) is 5.82 Å². The van der Waals surface area contributed by atoms with Crippen LogP contribution < -0.4 is 15.9 Å². The zero-order valence-corrected chi connectivity index (χ0v) is 18.7. The maximum Gasteiger partial charge on any atom is 0.293 e. The molecule has 0 spiro atoms. The summed E-state index contributed by atoms with van der Waals surface area (Å²) in [6.45, 7) is 5.72. The van der Waals surface area contributed by atoms with Crippen molar-refractivity contribution in [1.29, 1.82) is 0 Å². The van der Waals surface area contributed by atoms with Crippen LogP contribution in [0.2, 0.25) is 0 Å². The van der Waals surface area contributed by atoms with Crippen LogP contribution in [0.3, 0.4) is 0 Å². The number of H-pyrrole nitrogens is 1. The third-order valence-corrected chi connectivity index (χ3v) is 5.85. The van der Waals surface area contributed by atoms with E-state index < -0.39 is 0 Å². The number of hydrazone groups is 1. The number of rotatable bonds is 5. The SMILES string of the molecule is Cc1nn(-c2ccccc2)c(N2CCN(C)CC2)c1/C=N/Nc1nc2ccccc2[nH]c1=O. The van der Waals surface area contributed by atoms with Crippen LogP contribution in [0.4, 0.5) is 11.6 Å². The molecule has 1 aliphatic rings. The molecule has 0 atom stereocenters. The van der Waals surface area contributed by atoms with Gasteiger partial charge >= 0.3 is 0 Å². The lowest BCUT2D eigenvalue weighted by molar-refractivity contribution is 0.311. The van der Waals surface area contributed by atoms with E-state index in [-0.39, 0.29) is 11.4 Å². The van der Waals surface area contributed by atoms with Crippen LogP contribution in [-0.2, 0) is 0 Å². The van der Waals surface area contributed by atoms with Crippen molar-refractivity contribution >= 4 is 28.9 Å². The molecule has 0 radical (unpaired) electrons. The van der Waals surface area contributed by atoms with Gasteiger partial charge in [0.15, 0.2) is 0 Å². The molecule has 1 aliphatic heterocycles. The summed E-state index contributed by atoms with van der Waals surface area (Å²) >= 11 is 0. The normalized spacial score (nSPS) is 14.9. The fraction of sp³-hybridized carbons (Fsp3) is 0.250. The number of anilines is 2. The van der Waals surface area contributed by atoms with Crippen molar-refractivity contribution in [2.45, 2.75) is 6.92 Å². The lowest BCUT2D eigenvalue weighted by atomic mass is 10.2. The minimum atomic E-state index is -0.318. The molecule has 0 saturated carbocycles. The minimum absolute atomic E-state index is 0.152. The predicted octanol–water partition coefficient (Wildman–Crippen LogP) is 2.62. The van der Waals surface area contributed by atoms with Gasteiger partial charge in [0.05, 0.1) is 34.2 Å². The number of piperazine rings is 1. The van der Waals surface area contributed by atoms with Gasteiger partial charge < -0.3 is 14.8 Å².